The molecule has 0 spiro atoms. The first kappa shape index (κ1) is 14.7. The molecule has 2 aromatic rings. The van der Waals surface area contributed by atoms with E-state index in [1.54, 1.807) is 0 Å². The highest BCUT2D eigenvalue weighted by molar-refractivity contribution is 6.09. The number of aromatic carboxylic acids is 1. The highest BCUT2D eigenvalue weighted by Gasteiger charge is 2.39. The Morgan fingerprint density at radius 3 is 2.48 bits per heavy atom. The summed E-state index contributed by atoms with van der Waals surface area (Å²) in [5.41, 5.74) is -1.02. The Morgan fingerprint density at radius 2 is 1.90 bits per heavy atom. The molecule has 0 fully saturated rings. The van der Waals surface area contributed by atoms with Gasteiger partial charge in [0.25, 0.3) is 0 Å². The van der Waals surface area contributed by atoms with Crippen LogP contribution < -0.4 is 5.32 Å². The van der Waals surface area contributed by atoms with E-state index in [1.165, 1.54) is 17.4 Å². The van der Waals surface area contributed by atoms with Crippen LogP contribution in [0.1, 0.15) is 10.5 Å². The van der Waals surface area contributed by atoms with E-state index in [0.29, 0.717) is 6.20 Å². The van der Waals surface area contributed by atoms with E-state index in [4.69, 9.17) is 5.11 Å². The predicted molar refractivity (Wildman–Crippen MR) is 63.3 cm³/mol. The van der Waals surface area contributed by atoms with Gasteiger partial charge in [-0.2, -0.15) is 13.2 Å². The van der Waals surface area contributed by atoms with Gasteiger partial charge in [0.1, 0.15) is 0 Å². The van der Waals surface area contributed by atoms with Crippen molar-refractivity contribution in [3.8, 4) is 0 Å². The second kappa shape index (κ2) is 5.00. The van der Waals surface area contributed by atoms with Crippen LogP contribution in [0, 0.1) is 5.82 Å². The summed E-state index contributed by atoms with van der Waals surface area (Å²) in [7, 11) is 0. The lowest BCUT2D eigenvalue weighted by molar-refractivity contribution is -0.167. The summed E-state index contributed by atoms with van der Waals surface area (Å²) in [4.78, 5) is 25.2. The van der Waals surface area contributed by atoms with E-state index in [9.17, 15) is 27.2 Å². The Labute approximate surface area is 114 Å². The van der Waals surface area contributed by atoms with Gasteiger partial charge in [-0.05, 0) is 6.07 Å². The molecule has 1 aromatic carbocycles. The number of pyridine rings is 1. The molecule has 0 atom stereocenters. The van der Waals surface area contributed by atoms with Gasteiger partial charge in [-0.1, -0.05) is 12.1 Å². The lowest BCUT2D eigenvalue weighted by Gasteiger charge is -2.11. The van der Waals surface area contributed by atoms with E-state index >= 15 is 0 Å². The number of carboxylic acid groups (broad SMARTS) is 1. The van der Waals surface area contributed by atoms with Crippen molar-refractivity contribution in [1.29, 1.82) is 0 Å². The number of aromatic nitrogens is 1. The molecule has 0 bridgehead atoms. The van der Waals surface area contributed by atoms with E-state index in [2.05, 4.69) is 4.98 Å². The third-order valence-electron chi connectivity index (χ3n) is 2.57. The molecule has 21 heavy (non-hydrogen) atoms. The van der Waals surface area contributed by atoms with Crippen LogP contribution in [-0.4, -0.2) is 28.1 Å². The maximum atomic E-state index is 13.7. The normalized spacial score (nSPS) is 11.4. The number of anilines is 1. The number of benzene rings is 1. The van der Waals surface area contributed by atoms with Crippen LogP contribution in [0.15, 0.2) is 24.4 Å². The molecule has 0 radical (unpaired) electrons. The summed E-state index contributed by atoms with van der Waals surface area (Å²) in [6, 6.07) is 3.39. The van der Waals surface area contributed by atoms with E-state index in [-0.39, 0.29) is 5.39 Å². The van der Waals surface area contributed by atoms with Gasteiger partial charge in [0, 0.05) is 10.8 Å². The molecule has 1 aromatic heterocycles. The fraction of sp³-hybridized carbons (Fsp3) is 0.0833. The number of rotatable bonds is 2. The zero-order valence-corrected chi connectivity index (χ0v) is 10.0. The van der Waals surface area contributed by atoms with Crippen molar-refractivity contribution in [1.82, 2.24) is 4.98 Å². The quantitative estimate of drug-likeness (QED) is 0.836. The van der Waals surface area contributed by atoms with Gasteiger partial charge in [0.05, 0.1) is 11.9 Å². The molecule has 0 unspecified atom stereocenters. The predicted octanol–water partition coefficient (Wildman–Crippen LogP) is 2.57. The van der Waals surface area contributed by atoms with Crippen molar-refractivity contribution in [3.05, 3.63) is 35.9 Å². The number of alkyl halides is 3. The number of nitrogens with zero attached hydrogens (tertiary/aromatic N) is 1. The number of hydrogen-bond acceptors (Lipinski definition) is 3. The summed E-state index contributed by atoms with van der Waals surface area (Å²) in [6.07, 6.45) is -4.59. The summed E-state index contributed by atoms with van der Waals surface area (Å²) < 4.78 is 50.4. The molecule has 2 N–H and O–H groups in total. The summed E-state index contributed by atoms with van der Waals surface area (Å²) in [5, 5.41) is 9.75. The molecule has 0 aliphatic heterocycles. The fourth-order valence-corrected chi connectivity index (χ4v) is 1.73. The molecule has 110 valence electrons. The number of halogens is 4. The average molecular weight is 302 g/mol. The number of carbonyl (C=O) groups is 2. The molecule has 0 aliphatic rings. The third-order valence-corrected chi connectivity index (χ3v) is 2.57. The van der Waals surface area contributed by atoms with Crippen LogP contribution in [0.25, 0.3) is 10.8 Å². The molecule has 2 rings (SSSR count). The summed E-state index contributed by atoms with van der Waals surface area (Å²) >= 11 is 0. The van der Waals surface area contributed by atoms with Gasteiger partial charge in [0.15, 0.2) is 11.5 Å². The summed E-state index contributed by atoms with van der Waals surface area (Å²) in [6.45, 7) is 0. The standard InChI is InChI=1S/C12H6F4N2O3/c13-6-4-17-9(10(19)20)5-2-1-3-7(8(5)6)18-11(21)12(14,15)16/h1-4H,(H,18,21)(H,19,20). The fourth-order valence-electron chi connectivity index (χ4n) is 1.73. The van der Waals surface area contributed by atoms with Gasteiger partial charge >= 0.3 is 18.1 Å². The van der Waals surface area contributed by atoms with Gasteiger partial charge in [-0.25, -0.2) is 14.2 Å². The molecule has 0 aliphatic carbocycles. The molecule has 1 heterocycles. The van der Waals surface area contributed by atoms with E-state index in [1.807, 2.05) is 0 Å². The van der Waals surface area contributed by atoms with Crippen molar-refractivity contribution >= 4 is 28.3 Å². The highest BCUT2D eigenvalue weighted by atomic mass is 19.4. The van der Waals surface area contributed by atoms with Crippen LogP contribution in [-0.2, 0) is 4.79 Å². The van der Waals surface area contributed by atoms with Gasteiger partial charge in [-0.15, -0.1) is 0 Å². The topological polar surface area (TPSA) is 79.3 Å². The van der Waals surface area contributed by atoms with Crippen LogP contribution >= 0.6 is 0 Å². The Morgan fingerprint density at radius 1 is 1.24 bits per heavy atom. The first-order valence-corrected chi connectivity index (χ1v) is 5.40. The second-order valence-corrected chi connectivity index (χ2v) is 3.94. The largest absolute Gasteiger partial charge is 0.476 e. The first-order valence-electron chi connectivity index (χ1n) is 5.40. The van der Waals surface area contributed by atoms with Crippen LogP contribution in [0.3, 0.4) is 0 Å². The SMILES string of the molecule is O=C(O)c1ncc(F)c2c(NC(=O)C(F)(F)F)cccc12. The van der Waals surface area contributed by atoms with Gasteiger partial charge < -0.3 is 10.4 Å². The smallest absolute Gasteiger partial charge is 0.471 e. The zero-order valence-electron chi connectivity index (χ0n) is 10.0. The molecular formula is C12H6F4N2O3. The number of amides is 1. The maximum absolute atomic E-state index is 13.7. The molecule has 1 amide bonds. The minimum absolute atomic E-state index is 0.220. The Hall–Kier alpha value is -2.71. The second-order valence-electron chi connectivity index (χ2n) is 3.94. The molecule has 9 heteroatoms. The minimum Gasteiger partial charge on any atom is -0.476 e. The maximum Gasteiger partial charge on any atom is 0.471 e. The minimum atomic E-state index is -5.15. The van der Waals surface area contributed by atoms with Crippen LogP contribution in [0.4, 0.5) is 23.2 Å². The first-order chi connectivity index (χ1) is 9.71. The van der Waals surface area contributed by atoms with E-state index < -0.39 is 40.6 Å². The summed E-state index contributed by atoms with van der Waals surface area (Å²) in [5.74, 6) is -4.81. The monoisotopic (exact) mass is 302 g/mol. The van der Waals surface area contributed by atoms with Gasteiger partial charge in [-0.3, -0.25) is 4.79 Å². The Bertz CT molecular complexity index is 743. The lowest BCUT2D eigenvalue weighted by Crippen LogP contribution is -2.30. The van der Waals surface area contributed by atoms with Crippen molar-refractivity contribution in [2.24, 2.45) is 0 Å². The Kier molecular flexibility index (Phi) is 3.50. The van der Waals surface area contributed by atoms with Crippen molar-refractivity contribution in [2.75, 3.05) is 5.32 Å². The number of carboxylic acids is 1. The number of carbonyl (C=O) groups excluding carboxylic acids is 1. The molecule has 5 nitrogen and oxygen atoms in total. The average Bonchev–Trinajstić information content (AvgIpc) is 2.37. The van der Waals surface area contributed by atoms with Crippen molar-refractivity contribution < 1.29 is 32.3 Å². The van der Waals surface area contributed by atoms with E-state index in [0.717, 1.165) is 6.07 Å². The highest BCUT2D eigenvalue weighted by Crippen LogP contribution is 2.29. The molecule has 0 saturated heterocycles. The number of fused-ring (bicyclic) bond motifs is 1. The zero-order chi connectivity index (χ0) is 15.8. The van der Waals surface area contributed by atoms with Crippen LogP contribution in [0.2, 0.25) is 0 Å². The molecular weight excluding hydrogens is 296 g/mol. The number of hydrogen-bond donors (Lipinski definition) is 2. The number of nitrogens with one attached hydrogen (secondary N) is 1. The van der Waals surface area contributed by atoms with Crippen molar-refractivity contribution in [3.63, 3.8) is 0 Å². The lowest BCUT2D eigenvalue weighted by atomic mass is 10.1. The van der Waals surface area contributed by atoms with Gasteiger partial charge in [0.2, 0.25) is 0 Å². The van der Waals surface area contributed by atoms with Crippen LogP contribution in [0.5, 0.6) is 0 Å². The third kappa shape index (κ3) is 2.76. The van der Waals surface area contributed by atoms with Crippen molar-refractivity contribution in [2.45, 2.75) is 6.18 Å². The Balaban J connectivity index is 2.64. The molecule has 0 saturated carbocycles.